The molecule has 3 N–H and O–H groups in total. The Morgan fingerprint density at radius 1 is 0.696 bits per heavy atom. The minimum atomic E-state index is -0.535. The van der Waals surface area contributed by atoms with Gasteiger partial charge in [-0.2, -0.15) is 0 Å². The van der Waals surface area contributed by atoms with Gasteiger partial charge in [0.15, 0.2) is 0 Å². The summed E-state index contributed by atoms with van der Waals surface area (Å²) in [6, 6.07) is 30.8. The maximum atomic E-state index is 12.3. The molecule has 4 aromatic rings. The Labute approximate surface area is 290 Å². The van der Waals surface area contributed by atoms with Gasteiger partial charge in [0.25, 0.3) is 0 Å². The van der Waals surface area contributed by atoms with Gasteiger partial charge in [0.05, 0.1) is 25.0 Å². The highest BCUT2D eigenvalue weighted by Crippen LogP contribution is 2.26. The number of allylic oxidation sites excluding steroid dienone is 1. The lowest BCUT2D eigenvalue weighted by atomic mass is 10.0. The van der Waals surface area contributed by atoms with Crippen LogP contribution in [0.3, 0.4) is 0 Å². The van der Waals surface area contributed by atoms with Gasteiger partial charge >= 0.3 is 11.9 Å². The second-order valence-corrected chi connectivity index (χ2v) is 11.3. The van der Waals surface area contributed by atoms with E-state index in [1.807, 2.05) is 86.7 Å². The Morgan fingerprint density at radius 2 is 1.13 bits per heavy atom. The molecule has 244 valence electrons. The number of esters is 2. The molecule has 0 bridgehead atoms. The number of aliphatic hydroxyl groups excluding tert-OH is 1. The van der Waals surface area contributed by atoms with E-state index in [1.54, 1.807) is 25.1 Å². The largest absolute Gasteiger partial charge is 0.515 e. The fourth-order valence-electron chi connectivity index (χ4n) is 3.95. The van der Waals surface area contributed by atoms with Crippen molar-refractivity contribution in [3.63, 3.8) is 0 Å². The molecule has 4 rings (SSSR count). The number of carbonyl (C=O) groups excluding carboxylic acids is 2. The van der Waals surface area contributed by atoms with Gasteiger partial charge in [-0.05, 0) is 69.0 Å². The number of hydrogen-bond acceptors (Lipinski definition) is 6. The third kappa shape index (κ3) is 12.7. The summed E-state index contributed by atoms with van der Waals surface area (Å²) in [7, 11) is 0. The zero-order valence-electron chi connectivity index (χ0n) is 25.9. The number of para-hydroxylation sites is 1. The minimum absolute atomic E-state index is 0. The number of carbonyl (C=O) groups is 2. The van der Waals surface area contributed by atoms with Crippen molar-refractivity contribution in [2.24, 2.45) is 0 Å². The number of rotatable bonds is 8. The molecule has 0 unspecified atom stereocenters. The number of halogens is 2. The van der Waals surface area contributed by atoms with Gasteiger partial charge < -0.3 is 20.3 Å². The summed E-state index contributed by atoms with van der Waals surface area (Å²) in [5.41, 5.74) is 12.2. The molecular weight excluding hydrogens is 710 g/mol. The molecule has 0 saturated carbocycles. The number of nitrogen functional groups attached to an aromatic ring is 1. The van der Waals surface area contributed by atoms with Crippen molar-refractivity contribution in [1.82, 2.24) is 0 Å². The van der Waals surface area contributed by atoms with Crippen LogP contribution in [0.25, 0.3) is 11.1 Å². The Morgan fingerprint density at radius 3 is 1.57 bits per heavy atom. The van der Waals surface area contributed by atoms with Crippen LogP contribution in [0.5, 0.6) is 0 Å². The molecule has 0 heterocycles. The van der Waals surface area contributed by atoms with Gasteiger partial charge in [-0.15, -0.1) is 0 Å². The molecule has 0 atom stereocenters. The lowest BCUT2D eigenvalue weighted by molar-refractivity contribution is -0.137. The van der Waals surface area contributed by atoms with E-state index in [0.29, 0.717) is 24.2 Å². The number of anilines is 1. The van der Waals surface area contributed by atoms with Crippen LogP contribution in [0.4, 0.5) is 5.69 Å². The van der Waals surface area contributed by atoms with Crippen LogP contribution in [0.15, 0.2) is 118 Å². The van der Waals surface area contributed by atoms with E-state index in [0.717, 1.165) is 32.0 Å². The minimum Gasteiger partial charge on any atom is -0.515 e. The quantitative estimate of drug-likeness (QED) is 0.0805. The predicted molar refractivity (Wildman–Crippen MR) is 197 cm³/mol. The summed E-state index contributed by atoms with van der Waals surface area (Å²) >= 11 is 6.81. The Kier molecular flexibility index (Phi) is 18.7. The van der Waals surface area contributed by atoms with Crippen LogP contribution < -0.4 is 5.73 Å². The lowest BCUT2D eigenvalue weighted by Gasteiger charge is -2.10. The average molecular weight is 754 g/mol. The Bertz CT molecular complexity index is 1590. The third-order valence-electron chi connectivity index (χ3n) is 6.42. The first kappa shape index (κ1) is 39.9. The van der Waals surface area contributed by atoms with Crippen LogP contribution in [-0.2, 0) is 25.5 Å². The van der Waals surface area contributed by atoms with Crippen LogP contribution in [0, 0.1) is 13.8 Å². The molecule has 8 heteroatoms. The summed E-state index contributed by atoms with van der Waals surface area (Å²) in [6.45, 7) is 8.25. The molecule has 0 spiro atoms. The molecule has 0 fully saturated rings. The number of nitrogens with two attached hydrogens (primary N) is 1. The number of aliphatic hydroxyl groups is 1. The maximum absolute atomic E-state index is 12.3. The molecule has 6 nitrogen and oxygen atoms in total. The van der Waals surface area contributed by atoms with Gasteiger partial charge in [0.2, 0.25) is 0 Å². The summed E-state index contributed by atoms with van der Waals surface area (Å²) in [6.07, 6.45) is 3.40. The zero-order valence-corrected chi connectivity index (χ0v) is 29.1. The van der Waals surface area contributed by atoms with E-state index in [9.17, 15) is 9.59 Å². The van der Waals surface area contributed by atoms with Gasteiger partial charge in [0.1, 0.15) is 5.57 Å². The van der Waals surface area contributed by atoms with E-state index >= 15 is 0 Å². The van der Waals surface area contributed by atoms with E-state index in [2.05, 4.69) is 50.9 Å². The van der Waals surface area contributed by atoms with Crippen molar-refractivity contribution in [3.8, 4) is 0 Å². The Hall–Kier alpha value is -4.14. The summed E-state index contributed by atoms with van der Waals surface area (Å²) < 4.78 is 11.6. The lowest BCUT2D eigenvalue weighted by Crippen LogP contribution is -2.08. The van der Waals surface area contributed by atoms with E-state index in [1.165, 1.54) is 11.1 Å². The first-order valence-electron chi connectivity index (χ1n) is 14.4. The highest BCUT2D eigenvalue weighted by molar-refractivity contribution is 9.10. The van der Waals surface area contributed by atoms with Gasteiger partial charge in [0, 0.05) is 25.8 Å². The fraction of sp³-hybridized carbons (Fsp3) is 0.211. The first-order chi connectivity index (χ1) is 21.6. The van der Waals surface area contributed by atoms with Crippen LogP contribution >= 0.6 is 31.9 Å². The number of hydrogen-bond donors (Lipinski definition) is 2. The maximum Gasteiger partial charge on any atom is 0.341 e. The topological polar surface area (TPSA) is 98.8 Å². The van der Waals surface area contributed by atoms with Crippen LogP contribution in [0.1, 0.15) is 49.1 Å². The van der Waals surface area contributed by atoms with Crippen molar-refractivity contribution in [2.45, 2.75) is 41.5 Å². The zero-order chi connectivity index (χ0) is 33.2. The molecule has 0 amide bonds. The standard InChI is InChI=1S/C19H19BrO2.C11H11BrO3.C7H9N.CH4/c1-3-22-19(21)17(16-10-6-7-11-18(16)20)13-12-15-9-5-4-8-14(15)2;1-2-15-11(14)9(7-13)8-5-3-4-6-10(8)12;1-6-4-2-3-5-7(6)8;/h4-11,13H,3,12H2,1-2H3;3-7,13H,2H2,1H3;2-5H,8H2,1H3;1H4. The van der Waals surface area contributed by atoms with E-state index < -0.39 is 5.97 Å². The van der Waals surface area contributed by atoms with Gasteiger partial charge in [-0.1, -0.05) is 124 Å². The van der Waals surface area contributed by atoms with Crippen molar-refractivity contribution in [1.29, 1.82) is 0 Å². The summed E-state index contributed by atoms with van der Waals surface area (Å²) in [5.74, 6) is -0.824. The molecule has 4 aromatic carbocycles. The van der Waals surface area contributed by atoms with Crippen LogP contribution in [0.2, 0.25) is 0 Å². The molecule has 0 radical (unpaired) electrons. The molecule has 0 saturated heterocycles. The summed E-state index contributed by atoms with van der Waals surface area (Å²) in [4.78, 5) is 23.7. The van der Waals surface area contributed by atoms with Gasteiger partial charge in [-0.3, -0.25) is 0 Å². The van der Waals surface area contributed by atoms with Crippen molar-refractivity contribution >= 4 is 60.6 Å². The van der Waals surface area contributed by atoms with Crippen molar-refractivity contribution in [2.75, 3.05) is 18.9 Å². The second-order valence-electron chi connectivity index (χ2n) is 9.55. The normalized spacial score (nSPS) is 10.7. The monoisotopic (exact) mass is 751 g/mol. The second kappa shape index (κ2) is 21.6. The SMILES string of the molecule is C.CCOC(=O)C(=CCc1ccccc1C)c1ccccc1Br.CCOC(=O)C(=CO)c1ccccc1Br.Cc1ccccc1N. The Balaban J connectivity index is 0.000000380. The highest BCUT2D eigenvalue weighted by atomic mass is 79.9. The molecule has 0 aliphatic rings. The molecular formula is C38H43Br2NO5. The highest BCUT2D eigenvalue weighted by Gasteiger charge is 2.16. The van der Waals surface area contributed by atoms with Gasteiger partial charge in [-0.25, -0.2) is 9.59 Å². The van der Waals surface area contributed by atoms with Crippen molar-refractivity contribution in [3.05, 3.63) is 146 Å². The smallest absolute Gasteiger partial charge is 0.341 e. The fourth-order valence-corrected chi connectivity index (χ4v) is 4.95. The average Bonchev–Trinajstić information content (AvgIpc) is 3.03. The van der Waals surface area contributed by atoms with Crippen LogP contribution in [-0.4, -0.2) is 30.3 Å². The number of aryl methyl sites for hydroxylation is 2. The third-order valence-corrected chi connectivity index (χ3v) is 7.81. The van der Waals surface area contributed by atoms with E-state index in [-0.39, 0.29) is 25.6 Å². The molecule has 46 heavy (non-hydrogen) atoms. The first-order valence-corrected chi connectivity index (χ1v) is 16.0. The number of benzene rings is 4. The molecule has 0 aromatic heterocycles. The molecule has 0 aliphatic heterocycles. The number of ether oxygens (including phenoxy) is 2. The summed E-state index contributed by atoms with van der Waals surface area (Å²) in [5, 5.41) is 9.02. The van der Waals surface area contributed by atoms with E-state index in [4.69, 9.17) is 20.3 Å². The molecule has 0 aliphatic carbocycles. The van der Waals surface area contributed by atoms with Crippen molar-refractivity contribution < 1.29 is 24.2 Å². The predicted octanol–water partition coefficient (Wildman–Crippen LogP) is 10.1.